The Bertz CT molecular complexity index is 1320. The van der Waals surface area contributed by atoms with Crippen LogP contribution in [0.2, 0.25) is 5.02 Å². The number of halogens is 3. The molecule has 2 aromatic carbocycles. The van der Waals surface area contributed by atoms with Crippen LogP contribution >= 0.6 is 23.4 Å². The van der Waals surface area contributed by atoms with Crippen molar-refractivity contribution in [2.24, 2.45) is 5.41 Å². The van der Waals surface area contributed by atoms with E-state index in [9.17, 15) is 18.7 Å². The Labute approximate surface area is 231 Å². The molecule has 2 N–H and O–H groups in total. The number of nitrogens with zero attached hydrogens (tertiary/aromatic N) is 1. The van der Waals surface area contributed by atoms with Gasteiger partial charge in [0, 0.05) is 56.7 Å². The predicted octanol–water partition coefficient (Wildman–Crippen LogP) is 7.26. The molecular formula is C29H35ClF2N2O3S. The number of benzene rings is 2. The van der Waals surface area contributed by atoms with Gasteiger partial charge in [0.15, 0.2) is 0 Å². The summed E-state index contributed by atoms with van der Waals surface area (Å²) in [5.74, 6) is -2.98. The van der Waals surface area contributed by atoms with Gasteiger partial charge in [0.2, 0.25) is 0 Å². The molecule has 3 aromatic rings. The maximum Gasteiger partial charge on any atom is 0.309 e. The molecule has 0 spiro atoms. The summed E-state index contributed by atoms with van der Waals surface area (Å²) in [6.07, 6.45) is 0.0898. The van der Waals surface area contributed by atoms with Crippen molar-refractivity contribution < 1.29 is 23.4 Å². The maximum atomic E-state index is 13.6. The number of nitrogens with one attached hydrogen (secondary N) is 1. The van der Waals surface area contributed by atoms with Crippen molar-refractivity contribution in [2.45, 2.75) is 75.6 Å². The predicted molar refractivity (Wildman–Crippen MR) is 150 cm³/mol. The zero-order chi connectivity index (χ0) is 27.9. The Morgan fingerprint density at radius 1 is 1.18 bits per heavy atom. The number of hydrogen-bond acceptors (Lipinski definition) is 4. The van der Waals surface area contributed by atoms with Gasteiger partial charge in [-0.3, -0.25) is 4.79 Å². The molecule has 1 aliphatic heterocycles. The van der Waals surface area contributed by atoms with Crippen LogP contribution in [0.15, 0.2) is 47.4 Å². The molecule has 0 bridgehead atoms. The first-order valence-electron chi connectivity index (χ1n) is 12.7. The Hall–Kier alpha value is -2.29. The number of alkyl halides is 2. The summed E-state index contributed by atoms with van der Waals surface area (Å²) in [6, 6.07) is 13.0. The fraction of sp³-hybridized carbons (Fsp3) is 0.483. The van der Waals surface area contributed by atoms with Crippen molar-refractivity contribution in [1.29, 1.82) is 0 Å². The molecule has 0 amide bonds. The molecule has 1 fully saturated rings. The van der Waals surface area contributed by atoms with E-state index in [4.69, 9.17) is 16.3 Å². The zero-order valence-corrected chi connectivity index (χ0v) is 24.0. The number of ether oxygens (including phenoxy) is 1. The van der Waals surface area contributed by atoms with E-state index < -0.39 is 23.3 Å². The molecule has 0 aliphatic carbocycles. The number of carbonyl (C=O) groups is 1. The van der Waals surface area contributed by atoms with Crippen molar-refractivity contribution in [1.82, 2.24) is 9.88 Å². The average molecular weight is 565 g/mol. The van der Waals surface area contributed by atoms with Gasteiger partial charge in [0.25, 0.3) is 5.92 Å². The highest BCUT2D eigenvalue weighted by atomic mass is 35.5. The SMILES string of the molecule is CC(C)(C)Sc1c(CC(C)(C)C(=O)O)n(Cc2ccc(Cl)cc2)c2ccc(OCC3CC(F)(F)CN3)cc12. The minimum atomic E-state index is -2.71. The molecule has 0 radical (unpaired) electrons. The van der Waals surface area contributed by atoms with Gasteiger partial charge in [-0.25, -0.2) is 8.78 Å². The van der Waals surface area contributed by atoms with E-state index in [-0.39, 0.29) is 24.3 Å². The highest BCUT2D eigenvalue weighted by Gasteiger charge is 2.39. The van der Waals surface area contributed by atoms with Gasteiger partial charge in [0.05, 0.1) is 12.0 Å². The molecule has 206 valence electrons. The number of rotatable bonds is 9. The molecule has 38 heavy (non-hydrogen) atoms. The molecule has 5 nitrogen and oxygen atoms in total. The van der Waals surface area contributed by atoms with E-state index in [2.05, 4.69) is 30.7 Å². The van der Waals surface area contributed by atoms with E-state index in [1.165, 1.54) is 0 Å². The second-order valence-electron chi connectivity index (χ2n) is 11.7. The summed E-state index contributed by atoms with van der Waals surface area (Å²) in [7, 11) is 0. The van der Waals surface area contributed by atoms with Crippen LogP contribution in [0.1, 0.15) is 52.3 Å². The van der Waals surface area contributed by atoms with Crippen LogP contribution in [-0.2, 0) is 17.8 Å². The molecule has 1 atom stereocenters. The first-order valence-corrected chi connectivity index (χ1v) is 13.9. The molecule has 4 rings (SSSR count). The maximum absolute atomic E-state index is 13.6. The minimum Gasteiger partial charge on any atom is -0.492 e. The van der Waals surface area contributed by atoms with Gasteiger partial charge in [-0.1, -0.05) is 44.5 Å². The Morgan fingerprint density at radius 2 is 1.87 bits per heavy atom. The van der Waals surface area contributed by atoms with E-state index in [1.54, 1.807) is 25.6 Å². The van der Waals surface area contributed by atoms with Crippen LogP contribution < -0.4 is 10.1 Å². The van der Waals surface area contributed by atoms with Gasteiger partial charge in [-0.15, -0.1) is 11.8 Å². The highest BCUT2D eigenvalue weighted by molar-refractivity contribution is 8.00. The lowest BCUT2D eigenvalue weighted by Gasteiger charge is -2.24. The third-order valence-electron chi connectivity index (χ3n) is 6.59. The first-order chi connectivity index (χ1) is 17.6. The second-order valence-corrected chi connectivity index (χ2v) is 14.0. The summed E-state index contributed by atoms with van der Waals surface area (Å²) in [4.78, 5) is 13.2. The van der Waals surface area contributed by atoms with Crippen LogP contribution in [0.4, 0.5) is 8.78 Å². The molecule has 1 aliphatic rings. The molecule has 1 unspecified atom stereocenters. The third-order valence-corrected chi connectivity index (χ3v) is 8.11. The highest BCUT2D eigenvalue weighted by Crippen LogP contribution is 2.44. The lowest BCUT2D eigenvalue weighted by Crippen LogP contribution is -2.28. The molecule has 1 aromatic heterocycles. The number of carboxylic acids is 1. The summed E-state index contributed by atoms with van der Waals surface area (Å²) >= 11 is 7.81. The van der Waals surface area contributed by atoms with E-state index in [0.717, 1.165) is 27.1 Å². The monoisotopic (exact) mass is 564 g/mol. The number of fused-ring (bicyclic) bond motifs is 1. The molecule has 9 heteroatoms. The van der Waals surface area contributed by atoms with Crippen LogP contribution in [0.25, 0.3) is 10.9 Å². The van der Waals surface area contributed by atoms with Crippen LogP contribution in [0, 0.1) is 5.41 Å². The van der Waals surface area contributed by atoms with Gasteiger partial charge >= 0.3 is 5.97 Å². The molecule has 0 saturated carbocycles. The van der Waals surface area contributed by atoms with E-state index in [0.29, 0.717) is 23.7 Å². The smallest absolute Gasteiger partial charge is 0.309 e. The molecular weight excluding hydrogens is 530 g/mol. The number of hydrogen-bond donors (Lipinski definition) is 2. The van der Waals surface area contributed by atoms with Crippen molar-refractivity contribution >= 4 is 40.2 Å². The lowest BCUT2D eigenvalue weighted by atomic mass is 9.88. The van der Waals surface area contributed by atoms with Crippen LogP contribution in [0.5, 0.6) is 5.75 Å². The van der Waals surface area contributed by atoms with Crippen molar-refractivity contribution in [3.8, 4) is 5.75 Å². The fourth-order valence-electron chi connectivity index (χ4n) is 4.60. The summed E-state index contributed by atoms with van der Waals surface area (Å²) in [5.41, 5.74) is 1.96. The second kappa shape index (κ2) is 10.7. The van der Waals surface area contributed by atoms with E-state index in [1.807, 2.05) is 42.5 Å². The third kappa shape index (κ3) is 6.82. The number of aliphatic carboxylic acids is 1. The molecule has 1 saturated heterocycles. The van der Waals surface area contributed by atoms with Gasteiger partial charge in [-0.2, -0.15) is 0 Å². The first kappa shape index (κ1) is 28.7. The average Bonchev–Trinajstić information content (AvgIpc) is 3.29. The normalized spacial score (nSPS) is 17.7. The summed E-state index contributed by atoms with van der Waals surface area (Å²) in [6.45, 7) is 10.2. The van der Waals surface area contributed by atoms with Crippen LogP contribution in [-0.4, -0.2) is 45.5 Å². The summed E-state index contributed by atoms with van der Waals surface area (Å²) < 4.78 is 35.2. The zero-order valence-electron chi connectivity index (χ0n) is 22.4. The Balaban J connectivity index is 1.80. The van der Waals surface area contributed by atoms with Gasteiger partial charge in [-0.05, 0) is 49.7 Å². The topological polar surface area (TPSA) is 63.5 Å². The fourth-order valence-corrected chi connectivity index (χ4v) is 5.91. The number of thioether (sulfide) groups is 1. The number of aromatic nitrogens is 1. The quantitative estimate of drug-likeness (QED) is 0.268. The van der Waals surface area contributed by atoms with Gasteiger partial charge < -0.3 is 19.7 Å². The van der Waals surface area contributed by atoms with E-state index >= 15 is 0 Å². The Kier molecular flexibility index (Phi) is 8.09. The van der Waals surface area contributed by atoms with Crippen molar-refractivity contribution in [2.75, 3.05) is 13.2 Å². The number of carboxylic acid groups (broad SMARTS) is 1. The van der Waals surface area contributed by atoms with Gasteiger partial charge in [0.1, 0.15) is 12.4 Å². The van der Waals surface area contributed by atoms with Crippen molar-refractivity contribution in [3.63, 3.8) is 0 Å². The standard InChI is InChI=1S/C29H35ClF2N2O3S/c1-27(2,3)38-25-22-12-21(37-16-20-13-29(31,32)17-33-20)10-11-23(22)34(15-18-6-8-19(30)9-7-18)24(25)14-28(4,5)26(35)36/h6-12,20,33H,13-17H2,1-5H3,(H,35,36). The largest absolute Gasteiger partial charge is 0.492 e. The minimum absolute atomic E-state index is 0.141. The lowest BCUT2D eigenvalue weighted by molar-refractivity contribution is -0.146. The Morgan fingerprint density at radius 3 is 2.45 bits per heavy atom. The molecule has 2 heterocycles. The van der Waals surface area contributed by atoms with Crippen LogP contribution in [0.3, 0.4) is 0 Å². The van der Waals surface area contributed by atoms with Crippen molar-refractivity contribution in [3.05, 3.63) is 58.7 Å². The summed E-state index contributed by atoms with van der Waals surface area (Å²) in [5, 5.41) is 14.4.